The number of ether oxygens (including phenoxy) is 2. The zero-order valence-corrected chi connectivity index (χ0v) is 68.5. The van der Waals surface area contributed by atoms with Gasteiger partial charge in [-0.05, 0) is 238 Å². The summed E-state index contributed by atoms with van der Waals surface area (Å²) < 4.78 is 15.9. The number of aromatic amines is 4. The first-order chi connectivity index (χ1) is 53.1. The molecule has 0 bridgehead atoms. The lowest BCUT2D eigenvalue weighted by Gasteiger charge is -2.26. The first-order valence-electron chi connectivity index (χ1n) is 40.1. The molecule has 0 unspecified atom stereocenters. The highest BCUT2D eigenvalue weighted by Crippen LogP contribution is 2.54. The standard InChI is InChI=1S/C31H39N5O2Si.C26H36N4O2Si.C25H25N5O.C6H7N/c1-6-31(7-2)25-17-26-24(16-27(25)36(30(31)37)22-11-9-13-32-18-22)23-12-8-10-21-19-35(34-28(21)29(23)33-26)20-38-14-15-39(3,4)5;1-6-26(7-2)20-14-21-19(13-22(20)28-25(26)31)18-10-8-9-17-15-30(29-23(17)24(18)27-21)16-32-11-12-33(3,4)5;1-3-25(4-2)19-12-20-18(11-21(19)30(24(25)31)16-8-6-10-26-14-16)17-9-5-7-15-13-27-29-22(15)23(17)28-20;1-6-3-2-4-7-5-6/h9,11,13,16-19,33H,6-8,10,12,14-15,20H2,1-5H3;13-15,27H,6-12,16H2,1-5H3,(H,28,31);6,8,10-14,28H,3-5,7,9H2,1-2H3,(H,27,29);2-5H,1H3. The maximum absolute atomic E-state index is 14.0. The molecule has 18 rings (SSSR count). The quantitative estimate of drug-likeness (QED) is 0.0400. The Balaban J connectivity index is 0.000000126. The molecule has 12 aromatic rings. The number of amides is 3. The SMILES string of the molecule is CCC1(CC)C(=O)N(c2cccnc2)c2cc3c4c([nH]c3cc21)-c1[nH]ncc1CCC4.CCC1(CC)C(=O)N(c2cccnc2)c2cc3c4c([nH]c3cc21)-c1nn(COCC[Si](C)(C)C)cc1CCC4.CCC1(CC)C(=O)Nc2cc3c4c([nH]c3cc21)-c1nn(COCC[Si](C)(C)C)cc1CCC4.Cc1cccnc1. The van der Waals surface area contributed by atoms with Gasteiger partial charge >= 0.3 is 0 Å². The number of anilines is 5. The van der Waals surface area contributed by atoms with Crippen molar-refractivity contribution in [1.82, 2.24) is 59.7 Å². The molecule has 0 saturated carbocycles. The van der Waals surface area contributed by atoms with Crippen molar-refractivity contribution >= 4 is 95.0 Å². The Kier molecular flexibility index (Phi) is 20.9. The van der Waals surface area contributed by atoms with Gasteiger partial charge in [0.2, 0.25) is 17.7 Å². The average Bonchev–Trinajstić information content (AvgIpc) is 1.57. The number of carbonyl (C=O) groups is 3. The average molecular weight is 1510 g/mol. The summed E-state index contributed by atoms with van der Waals surface area (Å²) in [6.45, 7) is 31.5. The van der Waals surface area contributed by atoms with Gasteiger partial charge in [-0.25, -0.2) is 9.36 Å². The molecule has 0 fully saturated rings. The molecule has 0 saturated heterocycles. The monoisotopic (exact) mass is 1510 g/mol. The smallest absolute Gasteiger partial charge is 0.242 e. The Morgan fingerprint density at radius 2 is 0.900 bits per heavy atom. The number of H-pyrrole nitrogens is 4. The third-order valence-corrected chi connectivity index (χ3v) is 27.8. The van der Waals surface area contributed by atoms with Gasteiger partial charge in [-0.2, -0.15) is 15.3 Å². The molecular weight excluding hydrogens is 1400 g/mol. The minimum Gasteiger partial charge on any atom is -0.360 e. The molecule has 3 aromatic carbocycles. The van der Waals surface area contributed by atoms with E-state index in [2.05, 4.69) is 175 Å². The third-order valence-electron chi connectivity index (χ3n) is 24.4. The molecule has 12 heterocycles. The molecule has 22 heteroatoms. The van der Waals surface area contributed by atoms with Crippen LogP contribution in [0.1, 0.15) is 155 Å². The number of hydrogen-bond acceptors (Lipinski definition) is 11. The van der Waals surface area contributed by atoms with Crippen LogP contribution < -0.4 is 15.1 Å². The number of hydrogen-bond donors (Lipinski definition) is 5. The van der Waals surface area contributed by atoms with Gasteiger partial charge in [-0.3, -0.25) is 44.2 Å². The van der Waals surface area contributed by atoms with E-state index in [0.717, 1.165) is 211 Å². The van der Waals surface area contributed by atoms with E-state index in [1.165, 1.54) is 61.1 Å². The lowest BCUT2D eigenvalue weighted by atomic mass is 9.76. The Hall–Kier alpha value is -9.88. The lowest BCUT2D eigenvalue weighted by molar-refractivity contribution is -0.123. The van der Waals surface area contributed by atoms with Crippen molar-refractivity contribution in [1.29, 1.82) is 0 Å². The fraction of sp³-hybridized carbons (Fsp3) is 0.420. The van der Waals surface area contributed by atoms with Crippen LogP contribution in [0.4, 0.5) is 28.4 Å². The number of benzene rings is 3. The summed E-state index contributed by atoms with van der Waals surface area (Å²) in [5.74, 6) is 0.427. The molecule has 20 nitrogen and oxygen atoms in total. The summed E-state index contributed by atoms with van der Waals surface area (Å²) in [5.41, 5.74) is 25.3. The first kappa shape index (κ1) is 75.5. The molecule has 9 aromatic heterocycles. The van der Waals surface area contributed by atoms with Crippen molar-refractivity contribution in [2.75, 3.05) is 28.3 Å². The van der Waals surface area contributed by atoms with Crippen molar-refractivity contribution < 1.29 is 23.9 Å². The van der Waals surface area contributed by atoms with Gasteiger partial charge in [0.25, 0.3) is 0 Å². The predicted octanol–water partition coefficient (Wildman–Crippen LogP) is 19.4. The Labute approximate surface area is 647 Å². The number of fused-ring (bicyclic) bond motifs is 18. The van der Waals surface area contributed by atoms with Crippen LogP contribution in [0.15, 0.2) is 129 Å². The summed E-state index contributed by atoms with van der Waals surface area (Å²) in [5, 5.41) is 24.2. The van der Waals surface area contributed by atoms with E-state index in [9.17, 15) is 14.4 Å². The maximum atomic E-state index is 14.0. The fourth-order valence-electron chi connectivity index (χ4n) is 17.9. The van der Waals surface area contributed by atoms with Crippen LogP contribution in [0, 0.1) is 6.92 Å². The zero-order chi connectivity index (χ0) is 77.0. The summed E-state index contributed by atoms with van der Waals surface area (Å²) in [6.07, 6.45) is 30.8. The fourth-order valence-corrected chi connectivity index (χ4v) is 19.4. The van der Waals surface area contributed by atoms with E-state index in [4.69, 9.17) is 19.7 Å². The van der Waals surface area contributed by atoms with E-state index >= 15 is 0 Å². The number of rotatable bonds is 18. The first-order valence-corrected chi connectivity index (χ1v) is 47.6. The highest BCUT2D eigenvalue weighted by molar-refractivity contribution is 6.76. The minimum atomic E-state index is -1.12. The number of nitrogens with one attached hydrogen (secondary N) is 5. The van der Waals surface area contributed by atoms with Gasteiger partial charge in [-0.1, -0.05) is 86.9 Å². The van der Waals surface area contributed by atoms with Crippen molar-refractivity contribution in [3.63, 3.8) is 0 Å². The van der Waals surface area contributed by atoms with Crippen LogP contribution in [0.5, 0.6) is 0 Å². The van der Waals surface area contributed by atoms with Gasteiger partial charge in [-0.15, -0.1) is 0 Å². The Morgan fingerprint density at radius 3 is 1.32 bits per heavy atom. The van der Waals surface area contributed by atoms with Crippen LogP contribution in [-0.2, 0) is 92.1 Å². The van der Waals surface area contributed by atoms with Gasteiger partial charge in [0.05, 0.1) is 80.4 Å². The Morgan fingerprint density at radius 1 is 0.473 bits per heavy atom. The number of carbonyl (C=O) groups excluding carboxylic acids is 3. The van der Waals surface area contributed by atoms with Gasteiger partial charge in [0, 0.05) is 105 Å². The van der Waals surface area contributed by atoms with E-state index in [-0.39, 0.29) is 17.7 Å². The third kappa shape index (κ3) is 13.7. The number of aromatic nitrogens is 12. The number of aryl methyl sites for hydroxylation is 7. The van der Waals surface area contributed by atoms with Crippen molar-refractivity contribution in [3.05, 3.63) is 184 Å². The van der Waals surface area contributed by atoms with Crippen molar-refractivity contribution in [2.45, 2.75) is 226 Å². The molecule has 0 radical (unpaired) electrons. The molecule has 572 valence electrons. The van der Waals surface area contributed by atoms with E-state index in [0.29, 0.717) is 13.5 Å². The summed E-state index contributed by atoms with van der Waals surface area (Å²) in [4.78, 5) is 68.0. The zero-order valence-electron chi connectivity index (χ0n) is 66.5. The largest absolute Gasteiger partial charge is 0.360 e. The molecule has 0 atom stereocenters. The molecule has 5 N–H and O–H groups in total. The molecule has 0 spiro atoms. The maximum Gasteiger partial charge on any atom is 0.242 e. The predicted molar refractivity (Wildman–Crippen MR) is 446 cm³/mol. The molecular formula is C88H107N15O5Si2. The lowest BCUT2D eigenvalue weighted by Crippen LogP contribution is -2.37. The second-order valence-corrected chi connectivity index (χ2v) is 44.6. The van der Waals surface area contributed by atoms with Crippen molar-refractivity contribution in [3.8, 4) is 34.2 Å². The highest BCUT2D eigenvalue weighted by Gasteiger charge is 2.52. The van der Waals surface area contributed by atoms with Crippen LogP contribution >= 0.6 is 0 Å². The molecule has 3 aliphatic heterocycles. The van der Waals surface area contributed by atoms with Crippen molar-refractivity contribution in [2.24, 2.45) is 0 Å². The summed E-state index contributed by atoms with van der Waals surface area (Å²) in [7, 11) is -2.21. The highest BCUT2D eigenvalue weighted by atomic mass is 28.3. The van der Waals surface area contributed by atoms with Gasteiger partial charge in [0.15, 0.2) is 0 Å². The van der Waals surface area contributed by atoms with E-state index in [1.54, 1.807) is 31.0 Å². The van der Waals surface area contributed by atoms with E-state index < -0.39 is 32.4 Å². The molecule has 3 aliphatic carbocycles. The Bertz CT molecular complexity index is 5390. The molecule has 3 amide bonds. The topological polar surface area (TPSA) is 239 Å². The summed E-state index contributed by atoms with van der Waals surface area (Å²) >= 11 is 0. The van der Waals surface area contributed by atoms with Crippen LogP contribution in [0.25, 0.3) is 66.9 Å². The second kappa shape index (κ2) is 30.4. The normalized spacial score (nSPS) is 16.2. The van der Waals surface area contributed by atoms with Crippen LogP contribution in [0.2, 0.25) is 51.4 Å². The second-order valence-electron chi connectivity index (χ2n) is 33.4. The van der Waals surface area contributed by atoms with Crippen LogP contribution in [-0.4, -0.2) is 107 Å². The molecule has 110 heavy (non-hydrogen) atoms. The number of pyridine rings is 3. The molecule has 6 aliphatic rings. The minimum absolute atomic E-state index is 0.136. The van der Waals surface area contributed by atoms with Gasteiger partial charge < -0.3 is 29.7 Å². The number of nitrogens with zero attached hydrogens (tertiary/aromatic N) is 10. The summed E-state index contributed by atoms with van der Waals surface area (Å²) in [6, 6.07) is 27.3. The van der Waals surface area contributed by atoms with E-state index in [1.807, 2.05) is 74.9 Å². The van der Waals surface area contributed by atoms with Gasteiger partial charge in [0.1, 0.15) is 24.8 Å². The van der Waals surface area contributed by atoms with Crippen LogP contribution in [0.3, 0.4) is 0 Å².